The van der Waals surface area contributed by atoms with Gasteiger partial charge in [0.1, 0.15) is 5.75 Å². The third-order valence-electron chi connectivity index (χ3n) is 4.47. The van der Waals surface area contributed by atoms with E-state index in [0.29, 0.717) is 0 Å². The first-order valence-electron chi connectivity index (χ1n) is 8.17. The average Bonchev–Trinajstić information content (AvgIpc) is 2.61. The largest absolute Gasteiger partial charge is 0.496 e. The number of ether oxygens (including phenoxy) is 1. The molecule has 0 aliphatic heterocycles. The molecule has 24 heavy (non-hydrogen) atoms. The molecule has 3 rings (SSSR count). The van der Waals surface area contributed by atoms with Crippen molar-refractivity contribution in [3.05, 3.63) is 75.4 Å². The Labute approximate surface area is 157 Å². The molecule has 0 amide bonds. The van der Waals surface area contributed by atoms with Crippen LogP contribution in [0.4, 0.5) is 0 Å². The van der Waals surface area contributed by atoms with Crippen molar-refractivity contribution >= 4 is 33.4 Å². The molecule has 0 aliphatic rings. The maximum atomic E-state index is 5.35. The minimum atomic E-state index is 0.262. The zero-order valence-corrected chi connectivity index (χ0v) is 16.4. The molecule has 3 heteroatoms. The van der Waals surface area contributed by atoms with Crippen LogP contribution in [-0.4, -0.2) is 7.11 Å². The first kappa shape index (κ1) is 17.2. The van der Waals surface area contributed by atoms with Gasteiger partial charge in [0, 0.05) is 12.1 Å². The van der Waals surface area contributed by atoms with E-state index in [4.69, 9.17) is 4.74 Å². The van der Waals surface area contributed by atoms with Crippen molar-refractivity contribution < 1.29 is 4.74 Å². The van der Waals surface area contributed by atoms with E-state index in [-0.39, 0.29) is 12.1 Å². The maximum Gasteiger partial charge on any atom is 0.132 e. The summed E-state index contributed by atoms with van der Waals surface area (Å²) in [6.07, 6.45) is 0. The Bertz CT molecular complexity index is 841. The molecule has 1 N–H and O–H groups in total. The Morgan fingerprint density at radius 1 is 0.917 bits per heavy atom. The van der Waals surface area contributed by atoms with Gasteiger partial charge in [0.05, 0.1) is 10.7 Å². The summed E-state index contributed by atoms with van der Waals surface area (Å²) >= 11 is 2.32. The van der Waals surface area contributed by atoms with Gasteiger partial charge >= 0.3 is 0 Å². The third-order valence-corrected chi connectivity index (χ3v) is 5.31. The molecule has 0 unspecified atom stereocenters. The van der Waals surface area contributed by atoms with Gasteiger partial charge in [-0.25, -0.2) is 0 Å². The Hall–Kier alpha value is -1.59. The van der Waals surface area contributed by atoms with Gasteiger partial charge in [-0.2, -0.15) is 0 Å². The van der Waals surface area contributed by atoms with Crippen LogP contribution in [0.5, 0.6) is 5.75 Å². The van der Waals surface area contributed by atoms with Crippen LogP contribution in [0.3, 0.4) is 0 Å². The van der Waals surface area contributed by atoms with Crippen LogP contribution < -0.4 is 10.1 Å². The van der Waals surface area contributed by atoms with Gasteiger partial charge in [0.15, 0.2) is 0 Å². The normalized spacial score (nSPS) is 13.7. The van der Waals surface area contributed by atoms with E-state index < -0.39 is 0 Å². The van der Waals surface area contributed by atoms with E-state index in [2.05, 4.69) is 96.4 Å². The summed E-state index contributed by atoms with van der Waals surface area (Å²) in [7, 11) is 1.71. The minimum Gasteiger partial charge on any atom is -0.496 e. The minimum absolute atomic E-state index is 0.262. The molecular formula is C21H22INO. The lowest BCUT2D eigenvalue weighted by Crippen LogP contribution is -2.22. The van der Waals surface area contributed by atoms with Crippen molar-refractivity contribution in [1.82, 2.24) is 5.32 Å². The van der Waals surface area contributed by atoms with Crippen molar-refractivity contribution in [2.24, 2.45) is 0 Å². The molecule has 2 nitrogen and oxygen atoms in total. The molecule has 0 heterocycles. The van der Waals surface area contributed by atoms with Gasteiger partial charge in [-0.3, -0.25) is 0 Å². The van der Waals surface area contributed by atoms with Crippen molar-refractivity contribution in [3.63, 3.8) is 0 Å². The first-order valence-corrected chi connectivity index (χ1v) is 9.25. The first-order chi connectivity index (χ1) is 11.6. The quantitative estimate of drug-likeness (QED) is 0.511. The van der Waals surface area contributed by atoms with E-state index in [9.17, 15) is 0 Å². The van der Waals surface area contributed by atoms with Crippen LogP contribution in [0.2, 0.25) is 0 Å². The highest BCUT2D eigenvalue weighted by Gasteiger charge is 2.14. The van der Waals surface area contributed by atoms with Gasteiger partial charge < -0.3 is 10.1 Å². The molecule has 0 bridgehead atoms. The average molecular weight is 431 g/mol. The zero-order chi connectivity index (χ0) is 17.1. The number of hydrogen-bond acceptors (Lipinski definition) is 2. The number of hydrogen-bond donors (Lipinski definition) is 1. The predicted octanol–water partition coefficient (Wildman–Crippen LogP) is 5.86. The van der Waals surface area contributed by atoms with E-state index in [0.717, 1.165) is 9.32 Å². The number of benzene rings is 3. The zero-order valence-electron chi connectivity index (χ0n) is 14.2. The third kappa shape index (κ3) is 3.57. The molecule has 0 aliphatic carbocycles. The summed E-state index contributed by atoms with van der Waals surface area (Å²) in [5, 5.41) is 6.33. The van der Waals surface area contributed by atoms with Crippen molar-refractivity contribution in [3.8, 4) is 5.75 Å². The van der Waals surface area contributed by atoms with E-state index >= 15 is 0 Å². The van der Waals surface area contributed by atoms with Crippen LogP contribution >= 0.6 is 22.6 Å². The van der Waals surface area contributed by atoms with Crippen molar-refractivity contribution in [2.75, 3.05) is 7.11 Å². The second-order valence-electron chi connectivity index (χ2n) is 6.07. The molecule has 3 aromatic carbocycles. The maximum absolute atomic E-state index is 5.35. The SMILES string of the molecule is COc1ccc([C@@H](C)N[C@@H](C)c2cccc3ccccc23)cc1I. The summed E-state index contributed by atoms with van der Waals surface area (Å²) in [5.74, 6) is 0.925. The lowest BCUT2D eigenvalue weighted by molar-refractivity contribution is 0.411. The highest BCUT2D eigenvalue weighted by Crippen LogP contribution is 2.28. The fourth-order valence-electron chi connectivity index (χ4n) is 3.14. The summed E-state index contributed by atoms with van der Waals surface area (Å²) in [4.78, 5) is 0. The fraction of sp³-hybridized carbons (Fsp3) is 0.238. The molecule has 0 aromatic heterocycles. The molecule has 3 aromatic rings. The Kier molecular flexibility index (Phi) is 5.41. The number of halogens is 1. The lowest BCUT2D eigenvalue weighted by Gasteiger charge is -2.22. The standard InChI is InChI=1S/C21H22INO/c1-14(17-11-12-21(24-3)20(22)13-17)23-15(2)18-10-6-8-16-7-4-5-9-19(16)18/h4-15,23H,1-3H3/t14-,15+/m1/s1. The molecule has 0 spiro atoms. The van der Waals surface area contributed by atoms with Crippen LogP contribution in [0.1, 0.15) is 37.1 Å². The monoisotopic (exact) mass is 431 g/mol. The second-order valence-corrected chi connectivity index (χ2v) is 7.23. The lowest BCUT2D eigenvalue weighted by atomic mass is 9.98. The van der Waals surface area contributed by atoms with E-state index in [1.165, 1.54) is 21.9 Å². The molecule has 0 radical (unpaired) electrons. The summed E-state index contributed by atoms with van der Waals surface area (Å²) in [5.41, 5.74) is 2.61. The summed E-state index contributed by atoms with van der Waals surface area (Å²) in [6.45, 7) is 4.44. The van der Waals surface area contributed by atoms with Gasteiger partial charge in [0.2, 0.25) is 0 Å². The van der Waals surface area contributed by atoms with Crippen LogP contribution in [0.15, 0.2) is 60.7 Å². The topological polar surface area (TPSA) is 21.3 Å². The summed E-state index contributed by atoms with van der Waals surface area (Å²) in [6, 6.07) is 22.0. The van der Waals surface area contributed by atoms with Crippen molar-refractivity contribution in [2.45, 2.75) is 25.9 Å². The molecule has 2 atom stereocenters. The van der Waals surface area contributed by atoms with Crippen LogP contribution in [0.25, 0.3) is 10.8 Å². The fourth-order valence-corrected chi connectivity index (χ4v) is 3.90. The molecular weight excluding hydrogens is 409 g/mol. The second kappa shape index (κ2) is 7.53. The molecule has 0 saturated carbocycles. The Morgan fingerprint density at radius 3 is 2.42 bits per heavy atom. The number of rotatable bonds is 5. The number of methoxy groups -OCH3 is 1. The Balaban J connectivity index is 1.83. The van der Waals surface area contributed by atoms with E-state index in [1.54, 1.807) is 7.11 Å². The van der Waals surface area contributed by atoms with Crippen molar-refractivity contribution in [1.29, 1.82) is 0 Å². The van der Waals surface area contributed by atoms with Gasteiger partial charge in [-0.15, -0.1) is 0 Å². The highest BCUT2D eigenvalue weighted by molar-refractivity contribution is 14.1. The molecule has 0 saturated heterocycles. The van der Waals surface area contributed by atoms with Gasteiger partial charge in [-0.1, -0.05) is 48.5 Å². The predicted molar refractivity (Wildman–Crippen MR) is 110 cm³/mol. The Morgan fingerprint density at radius 2 is 1.67 bits per heavy atom. The van der Waals surface area contributed by atoms with Crippen LogP contribution in [0, 0.1) is 3.57 Å². The number of nitrogens with one attached hydrogen (secondary N) is 1. The smallest absolute Gasteiger partial charge is 0.132 e. The van der Waals surface area contributed by atoms with E-state index in [1.807, 2.05) is 6.07 Å². The molecule has 0 fully saturated rings. The number of fused-ring (bicyclic) bond motifs is 1. The molecule has 124 valence electrons. The van der Waals surface area contributed by atoms with Crippen LogP contribution in [-0.2, 0) is 0 Å². The van der Waals surface area contributed by atoms with Gasteiger partial charge in [0.25, 0.3) is 0 Å². The van der Waals surface area contributed by atoms with Gasteiger partial charge in [-0.05, 0) is 70.5 Å². The summed E-state index contributed by atoms with van der Waals surface area (Å²) < 4.78 is 6.49. The highest BCUT2D eigenvalue weighted by atomic mass is 127.